The van der Waals surface area contributed by atoms with Crippen LogP contribution >= 0.6 is 0 Å². The molecule has 0 aromatic carbocycles. The zero-order chi connectivity index (χ0) is 11.5. The van der Waals surface area contributed by atoms with Crippen molar-refractivity contribution in [1.29, 1.82) is 0 Å². The van der Waals surface area contributed by atoms with E-state index in [2.05, 4.69) is 20.8 Å². The molecular weight excluding hydrogens is 204 g/mol. The van der Waals surface area contributed by atoms with Gasteiger partial charge in [-0.15, -0.1) is 0 Å². The van der Waals surface area contributed by atoms with Gasteiger partial charge in [0, 0.05) is 23.8 Å². The lowest BCUT2D eigenvalue weighted by Gasteiger charge is -2.10. The van der Waals surface area contributed by atoms with Crippen LogP contribution in [0.25, 0.3) is 0 Å². The number of hydrogen-bond acceptors (Lipinski definition) is 3. The summed E-state index contributed by atoms with van der Waals surface area (Å²) in [4.78, 5) is 11.9. The van der Waals surface area contributed by atoms with Crippen LogP contribution in [0.4, 0.5) is 0 Å². The summed E-state index contributed by atoms with van der Waals surface area (Å²) in [6.45, 7) is 2.65. The predicted molar refractivity (Wildman–Crippen MR) is 61.5 cm³/mol. The molecule has 0 bridgehead atoms. The molecule has 0 fully saturated rings. The average Bonchev–Trinajstić information content (AvgIpc) is 2.86. The molecule has 0 radical (unpaired) electrons. The molecule has 1 aliphatic carbocycles. The molecule has 5 nitrogen and oxygen atoms in total. The van der Waals surface area contributed by atoms with Gasteiger partial charge in [-0.05, 0) is 33.2 Å². The van der Waals surface area contributed by atoms with Crippen molar-refractivity contribution < 1.29 is 4.79 Å². The number of carbonyl (C=O) groups is 1. The highest BCUT2D eigenvalue weighted by molar-refractivity contribution is 5.94. The lowest BCUT2D eigenvalue weighted by atomic mass is 10.2. The third-order valence-corrected chi connectivity index (χ3v) is 3.08. The highest BCUT2D eigenvalue weighted by Crippen LogP contribution is 2.22. The van der Waals surface area contributed by atoms with Crippen molar-refractivity contribution in [2.45, 2.75) is 32.2 Å². The van der Waals surface area contributed by atoms with E-state index in [1.165, 1.54) is 0 Å². The maximum atomic E-state index is 11.9. The Labute approximate surface area is 95.0 Å². The Kier molecular flexibility index (Phi) is 3.24. The molecule has 1 amide bonds. The number of aromatic amines is 1. The Morgan fingerprint density at radius 3 is 3.12 bits per heavy atom. The van der Waals surface area contributed by atoms with E-state index in [-0.39, 0.29) is 11.9 Å². The minimum atomic E-state index is -0.0681. The zero-order valence-electron chi connectivity index (χ0n) is 9.76. The molecular formula is C11H18N4O. The van der Waals surface area contributed by atoms with Gasteiger partial charge < -0.3 is 10.6 Å². The molecule has 5 heteroatoms. The predicted octanol–water partition coefficient (Wildman–Crippen LogP) is 0.236. The Morgan fingerprint density at radius 1 is 1.56 bits per heavy atom. The second kappa shape index (κ2) is 4.65. The summed E-state index contributed by atoms with van der Waals surface area (Å²) in [5.74, 6) is -0.0681. The lowest BCUT2D eigenvalue weighted by molar-refractivity contribution is 0.0944. The Hall–Kier alpha value is -1.36. The summed E-state index contributed by atoms with van der Waals surface area (Å²) < 4.78 is 0. The van der Waals surface area contributed by atoms with Crippen molar-refractivity contribution in [3.05, 3.63) is 17.0 Å². The highest BCUT2D eigenvalue weighted by atomic mass is 16.1. The quantitative estimate of drug-likeness (QED) is 0.683. The van der Waals surface area contributed by atoms with Crippen LogP contribution in [-0.4, -0.2) is 35.7 Å². The fourth-order valence-corrected chi connectivity index (χ4v) is 1.94. The molecule has 1 aromatic heterocycles. The molecule has 0 saturated heterocycles. The van der Waals surface area contributed by atoms with Gasteiger partial charge in [-0.1, -0.05) is 0 Å². The first kappa shape index (κ1) is 11.1. The maximum Gasteiger partial charge on any atom is 0.272 e. The van der Waals surface area contributed by atoms with Gasteiger partial charge in [0.2, 0.25) is 0 Å². The van der Waals surface area contributed by atoms with Crippen molar-refractivity contribution in [2.75, 3.05) is 13.6 Å². The lowest BCUT2D eigenvalue weighted by Crippen LogP contribution is -2.37. The molecule has 0 saturated carbocycles. The van der Waals surface area contributed by atoms with Crippen LogP contribution in [-0.2, 0) is 12.8 Å². The van der Waals surface area contributed by atoms with E-state index in [0.29, 0.717) is 12.2 Å². The van der Waals surface area contributed by atoms with E-state index in [9.17, 15) is 4.79 Å². The van der Waals surface area contributed by atoms with E-state index in [4.69, 9.17) is 0 Å². The number of rotatable bonds is 4. The third kappa shape index (κ3) is 2.09. The van der Waals surface area contributed by atoms with E-state index >= 15 is 0 Å². The van der Waals surface area contributed by atoms with E-state index in [1.807, 2.05) is 14.0 Å². The number of H-pyrrole nitrogens is 1. The molecule has 1 aromatic rings. The number of carbonyl (C=O) groups excluding carboxylic acids is 1. The van der Waals surface area contributed by atoms with Crippen molar-refractivity contribution >= 4 is 5.91 Å². The normalized spacial score (nSPS) is 15.9. The highest BCUT2D eigenvalue weighted by Gasteiger charge is 2.22. The minimum Gasteiger partial charge on any atom is -0.349 e. The van der Waals surface area contributed by atoms with Crippen molar-refractivity contribution in [2.24, 2.45) is 0 Å². The molecule has 1 atom stereocenters. The topological polar surface area (TPSA) is 69.8 Å². The SMILES string of the molecule is CNC(C)CNC(=O)c1n[nH]c2c1CCC2. The number of amides is 1. The van der Waals surface area contributed by atoms with E-state index < -0.39 is 0 Å². The number of fused-ring (bicyclic) bond motifs is 1. The van der Waals surface area contributed by atoms with Gasteiger partial charge in [0.05, 0.1) is 0 Å². The zero-order valence-corrected chi connectivity index (χ0v) is 9.76. The summed E-state index contributed by atoms with van der Waals surface area (Å²) >= 11 is 0. The van der Waals surface area contributed by atoms with E-state index in [1.54, 1.807) is 0 Å². The molecule has 0 aliphatic heterocycles. The number of hydrogen-bond donors (Lipinski definition) is 3. The first-order valence-corrected chi connectivity index (χ1v) is 5.74. The smallest absolute Gasteiger partial charge is 0.272 e. The summed E-state index contributed by atoms with van der Waals surface area (Å²) in [5.41, 5.74) is 2.82. The molecule has 2 rings (SSSR count). The Morgan fingerprint density at radius 2 is 2.38 bits per heavy atom. The van der Waals surface area contributed by atoms with Gasteiger partial charge in [-0.25, -0.2) is 0 Å². The second-order valence-electron chi connectivity index (χ2n) is 4.28. The standard InChI is InChI=1S/C11H18N4O/c1-7(12-2)6-13-11(16)10-8-4-3-5-9(8)14-15-10/h7,12H,3-6H2,1-2H3,(H,13,16)(H,14,15). The van der Waals surface area contributed by atoms with Crippen molar-refractivity contribution in [1.82, 2.24) is 20.8 Å². The molecule has 16 heavy (non-hydrogen) atoms. The minimum absolute atomic E-state index is 0.0681. The van der Waals surface area contributed by atoms with E-state index in [0.717, 1.165) is 30.5 Å². The van der Waals surface area contributed by atoms with Crippen LogP contribution in [0.1, 0.15) is 35.1 Å². The number of nitrogens with zero attached hydrogens (tertiary/aromatic N) is 1. The van der Waals surface area contributed by atoms with Crippen LogP contribution in [0.5, 0.6) is 0 Å². The molecule has 1 unspecified atom stereocenters. The van der Waals surface area contributed by atoms with Gasteiger partial charge in [0.1, 0.15) is 0 Å². The fourth-order valence-electron chi connectivity index (χ4n) is 1.94. The summed E-state index contributed by atoms with van der Waals surface area (Å²) in [5, 5.41) is 13.0. The van der Waals surface area contributed by atoms with Gasteiger partial charge in [0.25, 0.3) is 5.91 Å². The van der Waals surface area contributed by atoms with Crippen LogP contribution < -0.4 is 10.6 Å². The van der Waals surface area contributed by atoms with Gasteiger partial charge in [0.15, 0.2) is 5.69 Å². The average molecular weight is 222 g/mol. The number of nitrogens with one attached hydrogen (secondary N) is 3. The monoisotopic (exact) mass is 222 g/mol. The number of likely N-dealkylation sites (N-methyl/N-ethyl adjacent to an activating group) is 1. The summed E-state index contributed by atoms with van der Waals surface area (Å²) in [6, 6.07) is 0.274. The Balaban J connectivity index is 1.99. The maximum absolute atomic E-state index is 11.9. The van der Waals surface area contributed by atoms with Gasteiger partial charge in [-0.3, -0.25) is 9.89 Å². The molecule has 3 N–H and O–H groups in total. The Bertz CT molecular complexity index is 385. The molecule has 1 aliphatic rings. The van der Waals surface area contributed by atoms with Crippen LogP contribution in [0, 0.1) is 0 Å². The summed E-state index contributed by atoms with van der Waals surface area (Å²) in [7, 11) is 1.88. The largest absolute Gasteiger partial charge is 0.349 e. The van der Waals surface area contributed by atoms with Crippen molar-refractivity contribution in [3.63, 3.8) is 0 Å². The third-order valence-electron chi connectivity index (χ3n) is 3.08. The van der Waals surface area contributed by atoms with Crippen LogP contribution in [0.2, 0.25) is 0 Å². The summed E-state index contributed by atoms with van der Waals surface area (Å²) in [6.07, 6.45) is 3.11. The molecule has 0 spiro atoms. The number of aryl methyl sites for hydroxylation is 1. The van der Waals surface area contributed by atoms with Gasteiger partial charge in [-0.2, -0.15) is 5.10 Å². The first-order chi connectivity index (χ1) is 7.72. The van der Waals surface area contributed by atoms with Crippen LogP contribution in [0.15, 0.2) is 0 Å². The second-order valence-corrected chi connectivity index (χ2v) is 4.28. The first-order valence-electron chi connectivity index (χ1n) is 5.74. The van der Waals surface area contributed by atoms with Gasteiger partial charge >= 0.3 is 0 Å². The fraction of sp³-hybridized carbons (Fsp3) is 0.636. The van der Waals surface area contributed by atoms with Crippen molar-refractivity contribution in [3.8, 4) is 0 Å². The molecule has 88 valence electrons. The van der Waals surface area contributed by atoms with Crippen LogP contribution in [0.3, 0.4) is 0 Å². The number of aromatic nitrogens is 2. The molecule has 1 heterocycles.